The Morgan fingerprint density at radius 3 is 2.71 bits per heavy atom. The van der Waals surface area contributed by atoms with Crippen LogP contribution in [0.3, 0.4) is 0 Å². The molecule has 0 aromatic carbocycles. The van der Waals surface area contributed by atoms with Crippen molar-refractivity contribution in [2.45, 2.75) is 12.5 Å². The summed E-state index contributed by atoms with van der Waals surface area (Å²) in [5, 5.41) is 0. The van der Waals surface area contributed by atoms with Gasteiger partial charge in [0.15, 0.2) is 0 Å². The Hall–Kier alpha value is -0.570. The van der Waals surface area contributed by atoms with E-state index < -0.39 is 0 Å². The summed E-state index contributed by atoms with van der Waals surface area (Å²) in [5.41, 5.74) is 4.81. The van der Waals surface area contributed by atoms with Crippen molar-refractivity contribution in [2.75, 3.05) is 6.61 Å². The third-order valence-electron chi connectivity index (χ3n) is 0.831. The molecule has 1 fully saturated rings. The number of nitrogens with two attached hydrogens (primary N) is 1. The fourth-order valence-corrected chi connectivity index (χ4v) is 0.410. The Morgan fingerprint density at radius 2 is 2.57 bits per heavy atom. The first-order valence-electron chi connectivity index (χ1n) is 2.19. The maximum atomic E-state index is 9.99. The van der Waals surface area contributed by atoms with Crippen LogP contribution in [-0.2, 0) is 9.53 Å². The van der Waals surface area contributed by atoms with Crippen molar-refractivity contribution in [3.05, 3.63) is 0 Å². The third-order valence-corrected chi connectivity index (χ3v) is 0.831. The summed E-state index contributed by atoms with van der Waals surface area (Å²) < 4.78 is 4.72. The first-order valence-corrected chi connectivity index (χ1v) is 2.19. The lowest BCUT2D eigenvalue weighted by Crippen LogP contribution is -2.12. The fraction of sp³-hybridized carbons (Fsp3) is 0.750. The van der Waals surface area contributed by atoms with E-state index in [1.807, 2.05) is 0 Å². The number of amides is 1. The molecule has 1 amide bonds. The molecule has 0 radical (unpaired) electrons. The Morgan fingerprint density at radius 1 is 2.00 bits per heavy atom. The highest BCUT2D eigenvalue weighted by molar-refractivity contribution is 5.74. The lowest BCUT2D eigenvalue weighted by atomic mass is 10.3. The van der Waals surface area contributed by atoms with E-state index in [1.165, 1.54) is 0 Å². The second-order valence-electron chi connectivity index (χ2n) is 1.63. The number of epoxide rings is 1. The number of hydrogen-bond donors (Lipinski definition) is 1. The van der Waals surface area contributed by atoms with Crippen molar-refractivity contribution >= 4 is 5.91 Å². The van der Waals surface area contributed by atoms with Gasteiger partial charge < -0.3 is 10.5 Å². The van der Waals surface area contributed by atoms with Crippen molar-refractivity contribution in [3.8, 4) is 0 Å². The van der Waals surface area contributed by atoms with Crippen molar-refractivity contribution < 1.29 is 9.53 Å². The van der Waals surface area contributed by atoms with E-state index in [1.54, 1.807) is 0 Å². The molecule has 1 rings (SSSR count). The lowest BCUT2D eigenvalue weighted by molar-refractivity contribution is -0.118. The van der Waals surface area contributed by atoms with E-state index in [4.69, 9.17) is 10.5 Å². The van der Waals surface area contributed by atoms with E-state index >= 15 is 0 Å². The molecule has 1 aliphatic heterocycles. The Bertz CT molecular complexity index is 87.7. The molecule has 0 spiro atoms. The molecule has 0 saturated carbocycles. The maximum Gasteiger partial charge on any atom is 0.220 e. The summed E-state index contributed by atoms with van der Waals surface area (Å²) in [7, 11) is 0. The average molecular weight is 101 g/mol. The van der Waals surface area contributed by atoms with Crippen molar-refractivity contribution in [1.82, 2.24) is 0 Å². The second-order valence-corrected chi connectivity index (χ2v) is 1.63. The molecule has 2 N–H and O–H groups in total. The van der Waals surface area contributed by atoms with Crippen LogP contribution in [0.25, 0.3) is 0 Å². The van der Waals surface area contributed by atoms with Crippen LogP contribution in [-0.4, -0.2) is 18.6 Å². The molecule has 1 atom stereocenters. The van der Waals surface area contributed by atoms with Crippen LogP contribution in [0, 0.1) is 0 Å². The standard InChI is InChI=1S/C4H7NO2/c5-4(6)1-3-2-7-3/h3H,1-2H2,(H2,5,6)/t3-/m1/s1. The van der Waals surface area contributed by atoms with Gasteiger partial charge in [-0.1, -0.05) is 0 Å². The van der Waals surface area contributed by atoms with Crippen LogP contribution in [0.5, 0.6) is 0 Å². The second kappa shape index (κ2) is 1.50. The van der Waals surface area contributed by atoms with Crippen molar-refractivity contribution in [3.63, 3.8) is 0 Å². The van der Waals surface area contributed by atoms with Gasteiger partial charge in [0.25, 0.3) is 0 Å². The zero-order valence-corrected chi connectivity index (χ0v) is 3.89. The molecule has 40 valence electrons. The molecule has 1 aliphatic rings. The minimum absolute atomic E-state index is 0.150. The predicted octanol–water partition coefficient (Wildman–Crippen LogP) is -0.739. The molecule has 7 heavy (non-hydrogen) atoms. The highest BCUT2D eigenvalue weighted by Crippen LogP contribution is 2.11. The molecule has 0 aromatic rings. The third kappa shape index (κ3) is 1.55. The first kappa shape index (κ1) is 4.59. The first-order chi connectivity index (χ1) is 3.29. The summed E-state index contributed by atoms with van der Waals surface area (Å²) in [6, 6.07) is 0. The summed E-state index contributed by atoms with van der Waals surface area (Å²) in [5.74, 6) is -0.275. The number of ether oxygens (including phenoxy) is 1. The molecule has 0 unspecified atom stereocenters. The molecule has 0 aromatic heterocycles. The smallest absolute Gasteiger partial charge is 0.220 e. The van der Waals surface area contributed by atoms with Gasteiger partial charge in [0, 0.05) is 0 Å². The van der Waals surface area contributed by atoms with Crippen molar-refractivity contribution in [2.24, 2.45) is 5.73 Å². The summed E-state index contributed by atoms with van der Waals surface area (Å²) in [6.45, 7) is 0.711. The zero-order valence-electron chi connectivity index (χ0n) is 3.89. The molecule has 0 aliphatic carbocycles. The van der Waals surface area contributed by atoms with Gasteiger partial charge in [-0.05, 0) is 0 Å². The molecule has 0 bridgehead atoms. The maximum absolute atomic E-state index is 9.99. The number of carbonyl (C=O) groups is 1. The summed E-state index contributed by atoms with van der Waals surface area (Å²) in [6.07, 6.45) is 0.539. The van der Waals surface area contributed by atoms with Gasteiger partial charge in [-0.15, -0.1) is 0 Å². The Labute approximate surface area is 41.4 Å². The number of rotatable bonds is 2. The fourth-order valence-electron chi connectivity index (χ4n) is 0.410. The quantitative estimate of drug-likeness (QED) is 0.466. The summed E-state index contributed by atoms with van der Waals surface area (Å²) >= 11 is 0. The minimum Gasteiger partial charge on any atom is -0.373 e. The SMILES string of the molecule is NC(=O)C[C@@H]1CO1. The van der Waals surface area contributed by atoms with E-state index in [0.717, 1.165) is 0 Å². The number of primary amides is 1. The van der Waals surface area contributed by atoms with Gasteiger partial charge in [-0.3, -0.25) is 4.79 Å². The summed E-state index contributed by atoms with van der Waals surface area (Å²) in [4.78, 5) is 9.99. The van der Waals surface area contributed by atoms with Gasteiger partial charge in [-0.25, -0.2) is 0 Å². The van der Waals surface area contributed by atoms with E-state index in [9.17, 15) is 4.79 Å². The van der Waals surface area contributed by atoms with Crippen molar-refractivity contribution in [1.29, 1.82) is 0 Å². The monoisotopic (exact) mass is 101 g/mol. The van der Waals surface area contributed by atoms with Crippen LogP contribution in [0.4, 0.5) is 0 Å². The molecular weight excluding hydrogens is 94.0 g/mol. The van der Waals surface area contributed by atoms with Gasteiger partial charge >= 0.3 is 0 Å². The average Bonchev–Trinajstić information content (AvgIpc) is 2.17. The number of hydrogen-bond acceptors (Lipinski definition) is 2. The largest absolute Gasteiger partial charge is 0.373 e. The normalized spacial score (nSPS) is 27.1. The van der Waals surface area contributed by atoms with E-state index in [0.29, 0.717) is 13.0 Å². The molecule has 3 heteroatoms. The van der Waals surface area contributed by atoms with E-state index in [-0.39, 0.29) is 12.0 Å². The zero-order chi connectivity index (χ0) is 5.28. The van der Waals surface area contributed by atoms with E-state index in [2.05, 4.69) is 0 Å². The lowest BCUT2D eigenvalue weighted by Gasteiger charge is -1.81. The highest BCUT2D eigenvalue weighted by atomic mass is 16.6. The van der Waals surface area contributed by atoms with Gasteiger partial charge in [0.1, 0.15) is 0 Å². The van der Waals surface area contributed by atoms with Gasteiger partial charge in [0.2, 0.25) is 5.91 Å². The topological polar surface area (TPSA) is 55.6 Å². The van der Waals surface area contributed by atoms with Crippen LogP contribution < -0.4 is 5.73 Å². The van der Waals surface area contributed by atoms with Gasteiger partial charge in [0.05, 0.1) is 19.1 Å². The molecule has 1 saturated heterocycles. The Balaban J connectivity index is 2.08. The molecule has 3 nitrogen and oxygen atoms in total. The van der Waals surface area contributed by atoms with Crippen LogP contribution in [0.1, 0.15) is 6.42 Å². The van der Waals surface area contributed by atoms with Crippen LogP contribution >= 0.6 is 0 Å². The minimum atomic E-state index is -0.275. The highest BCUT2D eigenvalue weighted by Gasteiger charge is 2.23. The molecule has 1 heterocycles. The van der Waals surface area contributed by atoms with Crippen LogP contribution in [0.2, 0.25) is 0 Å². The van der Waals surface area contributed by atoms with Crippen LogP contribution in [0.15, 0.2) is 0 Å². The number of carbonyl (C=O) groups excluding carboxylic acids is 1. The Kier molecular flexibility index (Phi) is 0.982. The predicted molar refractivity (Wildman–Crippen MR) is 23.6 cm³/mol. The van der Waals surface area contributed by atoms with Gasteiger partial charge in [-0.2, -0.15) is 0 Å². The molecular formula is C4H7NO2.